The maximum atomic E-state index is 13.6. The van der Waals surface area contributed by atoms with Gasteiger partial charge in [0.05, 0.1) is 41.8 Å². The van der Waals surface area contributed by atoms with Crippen LogP contribution in [0.25, 0.3) is 22.6 Å². The van der Waals surface area contributed by atoms with Crippen molar-refractivity contribution in [2.45, 2.75) is 25.7 Å². The van der Waals surface area contributed by atoms with E-state index >= 15 is 0 Å². The van der Waals surface area contributed by atoms with E-state index in [1.165, 1.54) is 12.1 Å². The molecule has 4 heterocycles. The molecular formula is C25H29FN6O4. The summed E-state index contributed by atoms with van der Waals surface area (Å²) in [6, 6.07) is 7.81. The van der Waals surface area contributed by atoms with Crippen LogP contribution in [-0.2, 0) is 14.3 Å². The molecule has 0 bridgehead atoms. The minimum absolute atomic E-state index is 0.0955. The van der Waals surface area contributed by atoms with Crippen LogP contribution in [0.5, 0.6) is 0 Å². The number of rotatable bonds is 5. The minimum Gasteiger partial charge on any atom is -0.391 e. The molecule has 0 saturated carbocycles. The number of β-amino-alcohol motifs (C(OH)–C–C–N with tert-alkyl or cyclic N) is 1. The van der Waals surface area contributed by atoms with E-state index in [0.717, 1.165) is 0 Å². The first kappa shape index (κ1) is 24.3. The molecule has 2 saturated heterocycles. The van der Waals surface area contributed by atoms with Gasteiger partial charge in [-0.25, -0.2) is 19.3 Å². The maximum Gasteiger partial charge on any atom is 0.233 e. The van der Waals surface area contributed by atoms with E-state index in [2.05, 4.69) is 15.0 Å². The molecule has 1 amide bonds. The summed E-state index contributed by atoms with van der Waals surface area (Å²) in [5.74, 6) is 0.504. The number of H-pyrrole nitrogens is 1. The predicted octanol–water partition coefficient (Wildman–Crippen LogP) is 2.38. The molecule has 10 nitrogen and oxygen atoms in total. The van der Waals surface area contributed by atoms with E-state index in [1.54, 1.807) is 41.1 Å². The number of carbonyl (C=O) groups excluding carboxylic acids is 1. The van der Waals surface area contributed by atoms with E-state index in [-0.39, 0.29) is 24.9 Å². The zero-order valence-corrected chi connectivity index (χ0v) is 20.4. The first-order valence-corrected chi connectivity index (χ1v) is 11.8. The van der Waals surface area contributed by atoms with E-state index in [0.29, 0.717) is 53.9 Å². The molecule has 36 heavy (non-hydrogen) atoms. The Labute approximate surface area is 208 Å². The first-order valence-electron chi connectivity index (χ1n) is 11.8. The van der Waals surface area contributed by atoms with Crippen LogP contribution < -0.4 is 4.90 Å². The fourth-order valence-electron chi connectivity index (χ4n) is 4.41. The van der Waals surface area contributed by atoms with Gasteiger partial charge in [0.15, 0.2) is 5.82 Å². The van der Waals surface area contributed by atoms with E-state index in [9.17, 15) is 14.3 Å². The average Bonchev–Trinajstić information content (AvgIpc) is 3.51. The number of aliphatic hydroxyl groups excluding tert-OH is 1. The third kappa shape index (κ3) is 4.69. The highest BCUT2D eigenvalue weighted by molar-refractivity contribution is 5.83. The number of aromatic nitrogens is 4. The summed E-state index contributed by atoms with van der Waals surface area (Å²) >= 11 is 0. The van der Waals surface area contributed by atoms with Crippen LogP contribution in [-0.4, -0.2) is 82.4 Å². The molecular weight excluding hydrogens is 467 g/mol. The van der Waals surface area contributed by atoms with Crippen molar-refractivity contribution in [3.05, 3.63) is 48.2 Å². The van der Waals surface area contributed by atoms with Gasteiger partial charge in [-0.15, -0.1) is 0 Å². The molecule has 2 aliphatic rings. The summed E-state index contributed by atoms with van der Waals surface area (Å²) in [7, 11) is 3.70. The molecule has 2 N–H and O–H groups in total. The molecule has 3 aromatic rings. The molecule has 2 aromatic heterocycles. The Balaban J connectivity index is 1.42. The molecule has 0 radical (unpaired) electrons. The molecule has 5 rings (SSSR count). The zero-order chi connectivity index (χ0) is 25.4. The third-order valence-corrected chi connectivity index (χ3v) is 6.44. The molecule has 1 atom stereocenters. The lowest BCUT2D eigenvalue weighted by molar-refractivity contribution is -0.234. The van der Waals surface area contributed by atoms with Crippen molar-refractivity contribution >= 4 is 11.9 Å². The topological polar surface area (TPSA) is 117 Å². The molecule has 190 valence electrons. The fourth-order valence-corrected chi connectivity index (χ4v) is 4.41. The summed E-state index contributed by atoms with van der Waals surface area (Å²) < 4.78 is 25.6. The number of ether oxygens (including phenoxy) is 2. The number of aromatic amines is 1. The Morgan fingerprint density at radius 2 is 1.92 bits per heavy atom. The Morgan fingerprint density at radius 1 is 1.19 bits per heavy atom. The molecule has 11 heteroatoms. The van der Waals surface area contributed by atoms with Crippen molar-refractivity contribution in [1.82, 2.24) is 24.8 Å². The largest absolute Gasteiger partial charge is 0.391 e. The van der Waals surface area contributed by atoms with E-state index in [1.807, 2.05) is 14.1 Å². The van der Waals surface area contributed by atoms with Gasteiger partial charge < -0.3 is 29.4 Å². The number of nitrogens with zero attached hydrogens (tertiary/aromatic N) is 5. The van der Waals surface area contributed by atoms with Gasteiger partial charge in [0.25, 0.3) is 0 Å². The first-order chi connectivity index (χ1) is 17.2. The number of benzene rings is 1. The summed E-state index contributed by atoms with van der Waals surface area (Å²) in [5, 5.41) is 9.80. The number of nitrogens with one attached hydrogen (secondary N) is 1. The summed E-state index contributed by atoms with van der Waals surface area (Å²) in [5.41, 5.74) is 1.63. The van der Waals surface area contributed by atoms with Gasteiger partial charge >= 0.3 is 0 Å². The summed E-state index contributed by atoms with van der Waals surface area (Å²) in [6.07, 6.45) is 0.925. The summed E-state index contributed by atoms with van der Waals surface area (Å²) in [4.78, 5) is 33.4. The van der Waals surface area contributed by atoms with Crippen LogP contribution in [0.3, 0.4) is 0 Å². The highest BCUT2D eigenvalue weighted by atomic mass is 19.1. The monoisotopic (exact) mass is 496 g/mol. The molecule has 1 aromatic carbocycles. The van der Waals surface area contributed by atoms with Crippen molar-refractivity contribution in [3.8, 4) is 22.6 Å². The third-order valence-electron chi connectivity index (χ3n) is 6.44. The number of carbonyl (C=O) groups is 1. The molecule has 0 spiro atoms. The number of hydrogen-bond acceptors (Lipinski definition) is 8. The Morgan fingerprint density at radius 3 is 2.56 bits per heavy atom. The van der Waals surface area contributed by atoms with Gasteiger partial charge in [-0.05, 0) is 43.7 Å². The molecule has 2 aliphatic heterocycles. The highest BCUT2D eigenvalue weighted by Gasteiger charge is 2.44. The predicted molar refractivity (Wildman–Crippen MR) is 129 cm³/mol. The normalized spacial score (nSPS) is 24.2. The number of amides is 1. The summed E-state index contributed by atoms with van der Waals surface area (Å²) in [6.45, 7) is 2.94. The van der Waals surface area contributed by atoms with Crippen molar-refractivity contribution in [2.24, 2.45) is 5.41 Å². The number of anilines is 1. The number of imidazole rings is 1. The average molecular weight is 497 g/mol. The molecule has 0 aliphatic carbocycles. The SMILES string of the molecule is CN(C)c1nccc(-c2[nH]c(C3OCC(C)(C(=O)N4CCC(O)C4)CO3)nc2-c2ccc(F)cc2)n1. The highest BCUT2D eigenvalue weighted by Crippen LogP contribution is 2.36. The fraction of sp³-hybridized carbons (Fsp3) is 0.440. The van der Waals surface area contributed by atoms with Crippen LogP contribution in [0.1, 0.15) is 25.5 Å². The van der Waals surface area contributed by atoms with Gasteiger partial charge in [0.1, 0.15) is 5.82 Å². The van der Waals surface area contributed by atoms with Crippen molar-refractivity contribution in [3.63, 3.8) is 0 Å². The van der Waals surface area contributed by atoms with Crippen LogP contribution in [0, 0.1) is 11.2 Å². The van der Waals surface area contributed by atoms with Crippen LogP contribution in [0.15, 0.2) is 36.5 Å². The smallest absolute Gasteiger partial charge is 0.233 e. The molecule has 1 unspecified atom stereocenters. The van der Waals surface area contributed by atoms with Gasteiger partial charge in [0.2, 0.25) is 18.1 Å². The molecule has 2 fully saturated rings. The maximum absolute atomic E-state index is 13.6. The van der Waals surface area contributed by atoms with E-state index in [4.69, 9.17) is 14.5 Å². The Hall–Kier alpha value is -3.41. The van der Waals surface area contributed by atoms with E-state index < -0.39 is 17.8 Å². The van der Waals surface area contributed by atoms with Crippen molar-refractivity contribution < 1.29 is 23.8 Å². The number of hydrogen-bond donors (Lipinski definition) is 2. The lowest BCUT2D eigenvalue weighted by Crippen LogP contribution is -2.49. The van der Waals surface area contributed by atoms with Crippen molar-refractivity contribution in [2.75, 3.05) is 45.3 Å². The van der Waals surface area contributed by atoms with Gasteiger partial charge in [0, 0.05) is 38.9 Å². The second kappa shape index (κ2) is 9.57. The zero-order valence-electron chi connectivity index (χ0n) is 20.4. The van der Waals surface area contributed by atoms with Crippen LogP contribution in [0.4, 0.5) is 10.3 Å². The number of likely N-dealkylation sites (tertiary alicyclic amines) is 1. The lowest BCUT2D eigenvalue weighted by atomic mass is 9.90. The Bertz CT molecular complexity index is 1240. The van der Waals surface area contributed by atoms with Crippen LogP contribution >= 0.6 is 0 Å². The van der Waals surface area contributed by atoms with Crippen molar-refractivity contribution in [1.29, 1.82) is 0 Å². The second-order valence-electron chi connectivity index (χ2n) is 9.70. The second-order valence-corrected chi connectivity index (χ2v) is 9.70. The van der Waals surface area contributed by atoms with Crippen LogP contribution in [0.2, 0.25) is 0 Å². The Kier molecular flexibility index (Phi) is 6.45. The van der Waals surface area contributed by atoms with Gasteiger partial charge in [-0.2, -0.15) is 0 Å². The quantitative estimate of drug-likeness (QED) is 0.553. The van der Waals surface area contributed by atoms with Gasteiger partial charge in [-0.3, -0.25) is 4.79 Å². The lowest BCUT2D eigenvalue weighted by Gasteiger charge is -2.37. The minimum atomic E-state index is -0.858. The van der Waals surface area contributed by atoms with Gasteiger partial charge in [-0.1, -0.05) is 0 Å². The number of aliphatic hydroxyl groups is 1. The standard InChI is InChI=1S/C25H29FN6O4/c1-25(23(34)32-11-9-17(33)12-32)13-35-22(36-14-25)21-29-19(15-4-6-16(26)7-5-15)20(30-21)18-8-10-27-24(28-18)31(2)3/h4-8,10,17,22,33H,9,11-14H2,1-3H3,(H,29,30). The number of halogens is 1.